The Kier molecular flexibility index (Phi) is 5.07. The standard InChI is InChI=1S/C21H23N5O3S/c1-12(2)10-24-19(28)18-16(7-8-30-18)26-20(24)23-25(21(26)29)11-17(27)22-15-6-5-13(3)9-14(15)4/h5-9,12H,10-11H2,1-4H3,(H,22,27). The predicted molar refractivity (Wildman–Crippen MR) is 118 cm³/mol. The molecule has 0 bridgehead atoms. The molecule has 8 nitrogen and oxygen atoms in total. The van der Waals surface area contributed by atoms with E-state index in [0.29, 0.717) is 22.4 Å². The Hall–Kier alpha value is -3.20. The first-order valence-electron chi connectivity index (χ1n) is 9.73. The molecule has 0 aliphatic carbocycles. The third kappa shape index (κ3) is 3.45. The monoisotopic (exact) mass is 425 g/mol. The first-order chi connectivity index (χ1) is 14.3. The van der Waals surface area contributed by atoms with Gasteiger partial charge in [0.2, 0.25) is 11.7 Å². The van der Waals surface area contributed by atoms with E-state index in [1.807, 2.05) is 45.9 Å². The molecule has 9 heteroatoms. The minimum atomic E-state index is -0.443. The summed E-state index contributed by atoms with van der Waals surface area (Å²) in [6.07, 6.45) is 0. The minimum absolute atomic E-state index is 0.168. The van der Waals surface area contributed by atoms with Crippen LogP contribution in [0.15, 0.2) is 39.2 Å². The maximum Gasteiger partial charge on any atom is 0.352 e. The lowest BCUT2D eigenvalue weighted by molar-refractivity contribution is -0.117. The summed E-state index contributed by atoms with van der Waals surface area (Å²) in [6, 6.07) is 7.46. The zero-order valence-corrected chi connectivity index (χ0v) is 18.1. The van der Waals surface area contributed by atoms with Crippen molar-refractivity contribution in [1.29, 1.82) is 0 Å². The molecule has 0 saturated heterocycles. The van der Waals surface area contributed by atoms with E-state index >= 15 is 0 Å². The fraction of sp³-hybridized carbons (Fsp3) is 0.333. The molecule has 4 rings (SSSR count). The number of hydrogen-bond acceptors (Lipinski definition) is 5. The summed E-state index contributed by atoms with van der Waals surface area (Å²) in [4.78, 5) is 38.6. The van der Waals surface area contributed by atoms with E-state index in [2.05, 4.69) is 10.4 Å². The SMILES string of the molecule is Cc1ccc(NC(=O)Cn2nc3n(CC(C)C)c(=O)c4sccc4n3c2=O)c(C)c1. The number of carbonyl (C=O) groups is 1. The van der Waals surface area contributed by atoms with Crippen molar-refractivity contribution in [3.8, 4) is 0 Å². The summed E-state index contributed by atoms with van der Waals surface area (Å²) < 4.78 is 4.55. The normalized spacial score (nSPS) is 11.6. The maximum absolute atomic E-state index is 13.1. The van der Waals surface area contributed by atoms with Gasteiger partial charge in [0, 0.05) is 12.2 Å². The third-order valence-electron chi connectivity index (χ3n) is 4.89. The molecular weight excluding hydrogens is 402 g/mol. The van der Waals surface area contributed by atoms with E-state index in [-0.39, 0.29) is 29.7 Å². The lowest BCUT2D eigenvalue weighted by Gasteiger charge is -2.09. The van der Waals surface area contributed by atoms with Gasteiger partial charge in [-0.2, -0.15) is 0 Å². The van der Waals surface area contributed by atoms with Gasteiger partial charge in [0.15, 0.2) is 0 Å². The average Bonchev–Trinajstić information content (AvgIpc) is 3.26. The maximum atomic E-state index is 13.1. The molecule has 1 aromatic carbocycles. The van der Waals surface area contributed by atoms with Crippen molar-refractivity contribution < 1.29 is 4.79 Å². The van der Waals surface area contributed by atoms with Crippen LogP contribution in [0, 0.1) is 19.8 Å². The van der Waals surface area contributed by atoms with Gasteiger partial charge in [0.1, 0.15) is 11.2 Å². The van der Waals surface area contributed by atoms with Crippen LogP contribution in [0.4, 0.5) is 5.69 Å². The molecule has 0 unspecified atom stereocenters. The van der Waals surface area contributed by atoms with Crippen molar-refractivity contribution in [1.82, 2.24) is 18.7 Å². The summed E-state index contributed by atoms with van der Waals surface area (Å²) in [6.45, 7) is 8.08. The van der Waals surface area contributed by atoms with E-state index in [1.165, 1.54) is 20.3 Å². The van der Waals surface area contributed by atoms with Crippen molar-refractivity contribution in [2.45, 2.75) is 40.8 Å². The van der Waals surface area contributed by atoms with Gasteiger partial charge >= 0.3 is 5.69 Å². The second-order valence-electron chi connectivity index (χ2n) is 7.89. The molecule has 156 valence electrons. The third-order valence-corrected chi connectivity index (χ3v) is 5.78. The number of hydrogen-bond donors (Lipinski definition) is 1. The largest absolute Gasteiger partial charge is 0.352 e. The summed E-state index contributed by atoms with van der Waals surface area (Å²) >= 11 is 1.30. The molecule has 4 aromatic rings. The number of nitrogens with one attached hydrogen (secondary N) is 1. The first kappa shape index (κ1) is 20.1. The molecule has 0 saturated carbocycles. The second kappa shape index (κ2) is 7.56. The second-order valence-corrected chi connectivity index (χ2v) is 8.80. The molecule has 3 heterocycles. The molecule has 0 fully saturated rings. The number of thiophene rings is 1. The average molecular weight is 426 g/mol. The van der Waals surface area contributed by atoms with E-state index in [4.69, 9.17) is 0 Å². The van der Waals surface area contributed by atoms with Gasteiger partial charge in [-0.3, -0.25) is 14.2 Å². The number of benzene rings is 1. The molecule has 3 aromatic heterocycles. The molecule has 0 aliphatic rings. The predicted octanol–water partition coefficient (Wildman–Crippen LogP) is 2.78. The van der Waals surface area contributed by atoms with E-state index < -0.39 is 5.69 Å². The van der Waals surface area contributed by atoms with Crippen molar-refractivity contribution in [3.05, 3.63) is 61.6 Å². The minimum Gasteiger partial charge on any atom is -0.324 e. The molecular formula is C21H23N5O3S. The fourth-order valence-electron chi connectivity index (χ4n) is 3.55. The van der Waals surface area contributed by atoms with Crippen LogP contribution in [0.3, 0.4) is 0 Å². The molecule has 0 radical (unpaired) electrons. The van der Waals surface area contributed by atoms with Gasteiger partial charge in [0.05, 0.1) is 5.52 Å². The van der Waals surface area contributed by atoms with E-state index in [0.717, 1.165) is 15.8 Å². The molecule has 1 amide bonds. The molecule has 0 spiro atoms. The Morgan fingerprint density at radius 1 is 1.20 bits per heavy atom. The quantitative estimate of drug-likeness (QED) is 0.532. The smallest absolute Gasteiger partial charge is 0.324 e. The van der Waals surface area contributed by atoms with Gasteiger partial charge < -0.3 is 5.32 Å². The van der Waals surface area contributed by atoms with E-state index in [1.54, 1.807) is 11.4 Å². The number of rotatable bonds is 5. The lowest BCUT2D eigenvalue weighted by atomic mass is 10.1. The summed E-state index contributed by atoms with van der Waals surface area (Å²) in [5.74, 6) is 0.0904. The first-order valence-corrected chi connectivity index (χ1v) is 10.6. The van der Waals surface area contributed by atoms with Crippen LogP contribution in [-0.4, -0.2) is 24.7 Å². The van der Waals surface area contributed by atoms with Gasteiger partial charge in [-0.05, 0) is 42.8 Å². The zero-order valence-electron chi connectivity index (χ0n) is 17.3. The molecule has 1 N–H and O–H groups in total. The summed E-state index contributed by atoms with van der Waals surface area (Å²) in [5.41, 5.74) is 2.64. The molecule has 0 atom stereocenters. The van der Waals surface area contributed by atoms with Crippen LogP contribution < -0.4 is 16.6 Å². The Morgan fingerprint density at radius 2 is 1.97 bits per heavy atom. The van der Waals surface area contributed by atoms with Crippen molar-refractivity contribution in [2.24, 2.45) is 5.92 Å². The highest BCUT2D eigenvalue weighted by molar-refractivity contribution is 7.17. The van der Waals surface area contributed by atoms with Crippen molar-refractivity contribution >= 4 is 38.9 Å². The van der Waals surface area contributed by atoms with Crippen LogP contribution in [-0.2, 0) is 17.9 Å². The summed E-state index contributed by atoms with van der Waals surface area (Å²) in [5, 5.41) is 8.96. The van der Waals surface area contributed by atoms with Gasteiger partial charge in [-0.15, -0.1) is 16.4 Å². The van der Waals surface area contributed by atoms with E-state index in [9.17, 15) is 14.4 Å². The van der Waals surface area contributed by atoms with Crippen molar-refractivity contribution in [3.63, 3.8) is 0 Å². The van der Waals surface area contributed by atoms with Crippen LogP contribution in [0.2, 0.25) is 0 Å². The topological polar surface area (TPSA) is 90.4 Å². The number of nitrogens with zero attached hydrogens (tertiary/aromatic N) is 4. The number of aryl methyl sites for hydroxylation is 2. The molecule has 0 aliphatic heterocycles. The van der Waals surface area contributed by atoms with Crippen LogP contribution in [0.1, 0.15) is 25.0 Å². The van der Waals surface area contributed by atoms with Gasteiger partial charge in [-0.1, -0.05) is 31.5 Å². The zero-order chi connectivity index (χ0) is 21.6. The number of amides is 1. The number of aromatic nitrogens is 4. The Balaban J connectivity index is 1.77. The fourth-order valence-corrected chi connectivity index (χ4v) is 4.37. The number of anilines is 1. The van der Waals surface area contributed by atoms with Crippen LogP contribution in [0.5, 0.6) is 0 Å². The highest BCUT2D eigenvalue weighted by Crippen LogP contribution is 2.18. The Bertz CT molecular complexity index is 1390. The van der Waals surface area contributed by atoms with Gasteiger partial charge in [-0.25, -0.2) is 13.9 Å². The highest BCUT2D eigenvalue weighted by atomic mass is 32.1. The van der Waals surface area contributed by atoms with Crippen LogP contribution >= 0.6 is 11.3 Å². The Morgan fingerprint density at radius 3 is 2.67 bits per heavy atom. The lowest BCUT2D eigenvalue weighted by Crippen LogP contribution is -2.29. The number of fused-ring (bicyclic) bond motifs is 3. The Labute approximate surface area is 176 Å². The highest BCUT2D eigenvalue weighted by Gasteiger charge is 2.20. The van der Waals surface area contributed by atoms with Gasteiger partial charge in [0.25, 0.3) is 5.56 Å². The summed E-state index contributed by atoms with van der Waals surface area (Å²) in [7, 11) is 0. The number of carbonyl (C=O) groups excluding carboxylic acids is 1. The van der Waals surface area contributed by atoms with Crippen molar-refractivity contribution in [2.75, 3.05) is 5.32 Å². The molecule has 30 heavy (non-hydrogen) atoms. The van der Waals surface area contributed by atoms with Crippen LogP contribution in [0.25, 0.3) is 16.0 Å².